The molecule has 1 heterocycles. The Labute approximate surface area is 126 Å². The number of nitrogens with zero attached hydrogens (tertiary/aromatic N) is 2. The molecule has 0 spiro atoms. The molecule has 0 amide bonds. The van der Waals surface area contributed by atoms with Crippen molar-refractivity contribution in [2.45, 2.75) is 31.7 Å². The second-order valence-corrected chi connectivity index (χ2v) is 6.18. The standard InChI is InChI=1S/C15H16BrN3O/c1-10-3-4-11(12(16)9-10)5-6-13-18-14(19-20-13)15(17)7-2-8-15/h3-6,9H,2,7-8,17H2,1H3/b6-5+. The Bertz CT molecular complexity index is 659. The highest BCUT2D eigenvalue weighted by molar-refractivity contribution is 9.10. The van der Waals surface area contributed by atoms with Gasteiger partial charge in [0.2, 0.25) is 0 Å². The van der Waals surface area contributed by atoms with Crippen molar-refractivity contribution in [3.8, 4) is 0 Å². The van der Waals surface area contributed by atoms with Gasteiger partial charge in [0.05, 0.1) is 5.54 Å². The van der Waals surface area contributed by atoms with Gasteiger partial charge in [0.1, 0.15) is 0 Å². The van der Waals surface area contributed by atoms with E-state index >= 15 is 0 Å². The number of benzene rings is 1. The van der Waals surface area contributed by atoms with Crippen LogP contribution < -0.4 is 5.73 Å². The van der Waals surface area contributed by atoms with Crippen LogP contribution in [0.2, 0.25) is 0 Å². The maximum Gasteiger partial charge on any atom is 0.250 e. The van der Waals surface area contributed by atoms with Crippen LogP contribution in [0.25, 0.3) is 12.2 Å². The molecule has 1 aromatic carbocycles. The maximum atomic E-state index is 6.17. The minimum atomic E-state index is -0.375. The molecule has 0 saturated heterocycles. The molecular weight excluding hydrogens is 318 g/mol. The predicted octanol–water partition coefficient (Wildman–Crippen LogP) is 3.65. The van der Waals surface area contributed by atoms with E-state index in [0.29, 0.717) is 11.7 Å². The molecule has 1 fully saturated rings. The molecule has 0 atom stereocenters. The molecule has 2 aromatic rings. The number of halogens is 1. The second kappa shape index (κ2) is 5.14. The summed E-state index contributed by atoms with van der Waals surface area (Å²) >= 11 is 3.54. The normalized spacial score (nSPS) is 17.4. The largest absolute Gasteiger partial charge is 0.335 e. The zero-order valence-corrected chi connectivity index (χ0v) is 12.9. The van der Waals surface area contributed by atoms with Crippen molar-refractivity contribution in [2.24, 2.45) is 5.73 Å². The van der Waals surface area contributed by atoms with Crippen molar-refractivity contribution in [3.05, 3.63) is 45.5 Å². The van der Waals surface area contributed by atoms with Crippen molar-refractivity contribution >= 4 is 28.1 Å². The van der Waals surface area contributed by atoms with Crippen molar-refractivity contribution in [1.29, 1.82) is 0 Å². The van der Waals surface area contributed by atoms with E-state index in [4.69, 9.17) is 10.3 Å². The highest BCUT2D eigenvalue weighted by atomic mass is 79.9. The zero-order chi connectivity index (χ0) is 14.2. The lowest BCUT2D eigenvalue weighted by atomic mass is 9.77. The minimum absolute atomic E-state index is 0.375. The number of hydrogen-bond acceptors (Lipinski definition) is 4. The number of nitrogens with two attached hydrogens (primary N) is 1. The molecule has 1 aromatic heterocycles. The first-order valence-corrected chi connectivity index (χ1v) is 7.43. The number of hydrogen-bond donors (Lipinski definition) is 1. The maximum absolute atomic E-state index is 6.17. The molecule has 5 heteroatoms. The van der Waals surface area contributed by atoms with Gasteiger partial charge in [0.15, 0.2) is 5.82 Å². The van der Waals surface area contributed by atoms with Gasteiger partial charge in [-0.1, -0.05) is 33.2 Å². The van der Waals surface area contributed by atoms with Gasteiger partial charge >= 0.3 is 0 Å². The first kappa shape index (κ1) is 13.5. The SMILES string of the molecule is Cc1ccc(/C=C/c2nc(C3(N)CCC3)no2)c(Br)c1. The summed E-state index contributed by atoms with van der Waals surface area (Å²) < 4.78 is 6.27. The number of aryl methyl sites for hydroxylation is 1. The summed E-state index contributed by atoms with van der Waals surface area (Å²) in [7, 11) is 0. The summed E-state index contributed by atoms with van der Waals surface area (Å²) in [4.78, 5) is 4.36. The Hall–Kier alpha value is -1.46. The van der Waals surface area contributed by atoms with E-state index < -0.39 is 0 Å². The molecule has 1 aliphatic carbocycles. The van der Waals surface area contributed by atoms with Gasteiger partial charge in [-0.3, -0.25) is 0 Å². The van der Waals surface area contributed by atoms with Crippen molar-refractivity contribution in [3.63, 3.8) is 0 Å². The van der Waals surface area contributed by atoms with Crippen LogP contribution >= 0.6 is 15.9 Å². The molecule has 2 N–H and O–H groups in total. The summed E-state index contributed by atoms with van der Waals surface area (Å²) in [5, 5.41) is 3.98. The third kappa shape index (κ3) is 2.55. The quantitative estimate of drug-likeness (QED) is 0.930. The van der Waals surface area contributed by atoms with Gasteiger partial charge in [0, 0.05) is 10.5 Å². The summed E-state index contributed by atoms with van der Waals surface area (Å²) in [5.74, 6) is 1.11. The van der Waals surface area contributed by atoms with E-state index in [1.807, 2.05) is 18.2 Å². The lowest BCUT2D eigenvalue weighted by Crippen LogP contribution is -2.44. The predicted molar refractivity (Wildman–Crippen MR) is 81.8 cm³/mol. The van der Waals surface area contributed by atoms with E-state index in [9.17, 15) is 0 Å². The van der Waals surface area contributed by atoms with E-state index in [1.165, 1.54) is 5.56 Å². The van der Waals surface area contributed by atoms with Gasteiger partial charge in [-0.25, -0.2) is 0 Å². The minimum Gasteiger partial charge on any atom is -0.335 e. The summed E-state index contributed by atoms with van der Waals surface area (Å²) in [5.41, 5.74) is 8.08. The Balaban J connectivity index is 1.79. The van der Waals surface area contributed by atoms with Crippen LogP contribution in [-0.2, 0) is 5.54 Å². The molecular formula is C15H16BrN3O. The van der Waals surface area contributed by atoms with Gasteiger partial charge in [-0.15, -0.1) is 0 Å². The van der Waals surface area contributed by atoms with Crippen LogP contribution in [0.1, 0.15) is 42.1 Å². The molecule has 4 nitrogen and oxygen atoms in total. The van der Waals surface area contributed by atoms with Crippen LogP contribution in [-0.4, -0.2) is 10.1 Å². The Morgan fingerprint density at radius 3 is 2.80 bits per heavy atom. The smallest absolute Gasteiger partial charge is 0.250 e. The van der Waals surface area contributed by atoms with Gasteiger partial charge in [-0.05, 0) is 49.5 Å². The van der Waals surface area contributed by atoms with Crippen LogP contribution in [0.5, 0.6) is 0 Å². The third-order valence-corrected chi connectivity index (χ3v) is 4.38. The molecule has 20 heavy (non-hydrogen) atoms. The monoisotopic (exact) mass is 333 g/mol. The van der Waals surface area contributed by atoms with Gasteiger partial charge in [-0.2, -0.15) is 4.98 Å². The lowest BCUT2D eigenvalue weighted by molar-refractivity contribution is 0.229. The lowest BCUT2D eigenvalue weighted by Gasteiger charge is -2.34. The molecule has 0 bridgehead atoms. The summed E-state index contributed by atoms with van der Waals surface area (Å²) in [6.45, 7) is 2.06. The number of rotatable bonds is 3. The van der Waals surface area contributed by atoms with E-state index in [1.54, 1.807) is 0 Å². The highest BCUT2D eigenvalue weighted by Gasteiger charge is 2.38. The fourth-order valence-electron chi connectivity index (χ4n) is 2.21. The second-order valence-electron chi connectivity index (χ2n) is 5.32. The molecule has 1 saturated carbocycles. The van der Waals surface area contributed by atoms with Crippen LogP contribution in [0, 0.1) is 6.92 Å². The molecule has 3 rings (SSSR count). The van der Waals surface area contributed by atoms with Crippen LogP contribution in [0.3, 0.4) is 0 Å². The molecule has 104 valence electrons. The first-order valence-electron chi connectivity index (χ1n) is 6.64. The van der Waals surface area contributed by atoms with E-state index in [2.05, 4.69) is 45.1 Å². The third-order valence-electron chi connectivity index (χ3n) is 3.69. The zero-order valence-electron chi connectivity index (χ0n) is 11.3. The molecule has 0 aliphatic heterocycles. The number of aromatic nitrogens is 2. The topological polar surface area (TPSA) is 64.9 Å². The Morgan fingerprint density at radius 2 is 2.15 bits per heavy atom. The molecule has 0 radical (unpaired) electrons. The first-order chi connectivity index (χ1) is 9.57. The van der Waals surface area contributed by atoms with Crippen molar-refractivity contribution in [1.82, 2.24) is 10.1 Å². The van der Waals surface area contributed by atoms with Gasteiger partial charge in [0.25, 0.3) is 5.89 Å². The van der Waals surface area contributed by atoms with E-state index in [0.717, 1.165) is 29.3 Å². The van der Waals surface area contributed by atoms with Crippen molar-refractivity contribution < 1.29 is 4.52 Å². The Kier molecular flexibility index (Phi) is 3.48. The Morgan fingerprint density at radius 1 is 1.35 bits per heavy atom. The average Bonchev–Trinajstić information content (AvgIpc) is 2.84. The van der Waals surface area contributed by atoms with Gasteiger partial charge < -0.3 is 10.3 Å². The average molecular weight is 334 g/mol. The van der Waals surface area contributed by atoms with Crippen LogP contribution in [0.15, 0.2) is 27.2 Å². The fourth-order valence-corrected chi connectivity index (χ4v) is 2.84. The van der Waals surface area contributed by atoms with Crippen LogP contribution in [0.4, 0.5) is 0 Å². The van der Waals surface area contributed by atoms with Crippen molar-refractivity contribution in [2.75, 3.05) is 0 Å². The highest BCUT2D eigenvalue weighted by Crippen LogP contribution is 2.36. The summed E-state index contributed by atoms with van der Waals surface area (Å²) in [6.07, 6.45) is 6.75. The van der Waals surface area contributed by atoms with E-state index in [-0.39, 0.29) is 5.54 Å². The molecule has 0 unspecified atom stereocenters. The summed E-state index contributed by atoms with van der Waals surface area (Å²) in [6, 6.07) is 6.18. The fraction of sp³-hybridized carbons (Fsp3) is 0.333. The molecule has 1 aliphatic rings.